The van der Waals surface area contributed by atoms with Crippen molar-refractivity contribution in [2.45, 2.75) is 45.4 Å². The molecule has 13 heavy (non-hydrogen) atoms. The van der Waals surface area contributed by atoms with Crippen LogP contribution in [0.1, 0.15) is 34.1 Å². The molecule has 0 aromatic rings. The first-order valence-electron chi connectivity index (χ1n) is 5.18. The van der Waals surface area contributed by atoms with Crippen molar-refractivity contribution in [3.05, 3.63) is 21.7 Å². The molecule has 0 atom stereocenters. The van der Waals surface area contributed by atoms with Crippen molar-refractivity contribution in [1.29, 1.82) is 0 Å². The minimum atomic E-state index is 0.0737. The summed E-state index contributed by atoms with van der Waals surface area (Å²) in [5, 5.41) is 1.67. The summed E-state index contributed by atoms with van der Waals surface area (Å²) < 4.78 is 1.61. The zero-order chi connectivity index (χ0) is 10.0. The average molecular weight is 188 g/mol. The summed E-state index contributed by atoms with van der Waals surface area (Å²) in [6.45, 7) is 9.44. The van der Waals surface area contributed by atoms with Gasteiger partial charge in [-0.15, -0.1) is 0 Å². The fraction of sp³-hybridized carbons (Fsp3) is 0.636. The SMILES string of the molecule is [Li][C]1=C(P(C(C)C)C(C)C)C=CC1. The molecule has 0 unspecified atom stereocenters. The van der Waals surface area contributed by atoms with Crippen molar-refractivity contribution in [3.63, 3.8) is 0 Å². The second kappa shape index (κ2) is 4.84. The van der Waals surface area contributed by atoms with Crippen molar-refractivity contribution < 1.29 is 0 Å². The van der Waals surface area contributed by atoms with Crippen LogP contribution in [0.3, 0.4) is 0 Å². The van der Waals surface area contributed by atoms with Gasteiger partial charge in [0, 0.05) is 0 Å². The van der Waals surface area contributed by atoms with E-state index in [1.165, 1.54) is 6.42 Å². The van der Waals surface area contributed by atoms with E-state index in [0.29, 0.717) is 0 Å². The van der Waals surface area contributed by atoms with Crippen LogP contribution in [0.5, 0.6) is 0 Å². The van der Waals surface area contributed by atoms with Gasteiger partial charge in [0.2, 0.25) is 0 Å². The normalized spacial score (nSPS) is 17.3. The molecule has 0 bridgehead atoms. The van der Waals surface area contributed by atoms with Gasteiger partial charge in [-0.25, -0.2) is 0 Å². The summed E-state index contributed by atoms with van der Waals surface area (Å²) in [6, 6.07) is 0. The van der Waals surface area contributed by atoms with Gasteiger partial charge in [0.15, 0.2) is 0 Å². The maximum absolute atomic E-state index is 2.36. The van der Waals surface area contributed by atoms with E-state index in [1.807, 2.05) is 0 Å². The van der Waals surface area contributed by atoms with Crippen LogP contribution < -0.4 is 0 Å². The summed E-state index contributed by atoms with van der Waals surface area (Å²) in [4.78, 5) is 0. The fourth-order valence-electron chi connectivity index (χ4n) is 2.05. The monoisotopic (exact) mass is 188 g/mol. The van der Waals surface area contributed by atoms with E-state index < -0.39 is 0 Å². The first-order valence-corrected chi connectivity index (χ1v) is 6.66. The Morgan fingerprint density at radius 3 is 2.08 bits per heavy atom. The van der Waals surface area contributed by atoms with Gasteiger partial charge >= 0.3 is 92.8 Å². The number of hydrogen-bond acceptors (Lipinski definition) is 0. The Bertz CT molecular complexity index is 230. The van der Waals surface area contributed by atoms with Crippen LogP contribution in [0.4, 0.5) is 0 Å². The second-order valence-electron chi connectivity index (χ2n) is 4.37. The van der Waals surface area contributed by atoms with Crippen LogP contribution >= 0.6 is 7.92 Å². The average Bonchev–Trinajstić information content (AvgIpc) is 2.35. The third-order valence-corrected chi connectivity index (χ3v) is 5.84. The van der Waals surface area contributed by atoms with E-state index in [1.54, 1.807) is 9.56 Å². The third-order valence-electron chi connectivity index (χ3n) is 2.53. The molecule has 0 aliphatic heterocycles. The van der Waals surface area contributed by atoms with Crippen molar-refractivity contribution in [1.82, 2.24) is 0 Å². The van der Waals surface area contributed by atoms with Gasteiger partial charge in [-0.2, -0.15) is 0 Å². The van der Waals surface area contributed by atoms with Crippen LogP contribution in [0.15, 0.2) is 21.7 Å². The second-order valence-corrected chi connectivity index (χ2v) is 7.73. The number of rotatable bonds is 3. The summed E-state index contributed by atoms with van der Waals surface area (Å²) in [6.07, 6.45) is 5.86. The molecule has 0 aromatic carbocycles. The summed E-state index contributed by atoms with van der Waals surface area (Å²) in [5.41, 5.74) is 1.64. The Balaban J connectivity index is 2.88. The molecule has 0 nitrogen and oxygen atoms in total. The van der Waals surface area contributed by atoms with Crippen molar-refractivity contribution in [2.24, 2.45) is 0 Å². The molecule has 0 amide bonds. The van der Waals surface area contributed by atoms with Crippen LogP contribution in [0, 0.1) is 0 Å². The number of allylic oxidation sites excluding steroid dienone is 4. The Morgan fingerprint density at radius 1 is 1.23 bits per heavy atom. The van der Waals surface area contributed by atoms with Crippen molar-refractivity contribution >= 4 is 25.6 Å². The first kappa shape index (κ1) is 11.6. The van der Waals surface area contributed by atoms with Crippen molar-refractivity contribution in [3.8, 4) is 0 Å². The maximum atomic E-state index is 2.36. The standard InChI is InChI=1S/C11H18P.Li/c1-9(2)12(10(3)4)11-7-5-6-8-11;/h5,7,9-10H,6H2,1-4H3;. The van der Waals surface area contributed by atoms with Gasteiger partial charge < -0.3 is 0 Å². The molecular formula is C11H18LiP. The van der Waals surface area contributed by atoms with Crippen molar-refractivity contribution in [2.75, 3.05) is 0 Å². The van der Waals surface area contributed by atoms with Gasteiger partial charge in [0.05, 0.1) is 0 Å². The molecule has 1 aliphatic carbocycles. The third kappa shape index (κ3) is 2.73. The van der Waals surface area contributed by atoms with Crippen LogP contribution in [0.25, 0.3) is 0 Å². The Hall–Kier alpha value is 0.507. The molecule has 0 fully saturated rings. The van der Waals surface area contributed by atoms with E-state index in [0.717, 1.165) is 11.3 Å². The zero-order valence-corrected chi connectivity index (χ0v) is 10.4. The summed E-state index contributed by atoms with van der Waals surface area (Å²) in [7, 11) is 0.0737. The molecule has 68 valence electrons. The molecular weight excluding hydrogens is 170 g/mol. The van der Waals surface area contributed by atoms with Gasteiger partial charge in [0.1, 0.15) is 0 Å². The summed E-state index contributed by atoms with van der Waals surface area (Å²) in [5.74, 6) is 0. The van der Waals surface area contributed by atoms with Gasteiger partial charge in [-0.3, -0.25) is 0 Å². The van der Waals surface area contributed by atoms with E-state index in [4.69, 9.17) is 0 Å². The molecule has 0 heterocycles. The van der Waals surface area contributed by atoms with E-state index in [9.17, 15) is 0 Å². The van der Waals surface area contributed by atoms with Gasteiger partial charge in [-0.05, 0) is 0 Å². The fourth-order valence-corrected chi connectivity index (χ4v) is 5.17. The minimum absolute atomic E-state index is 0.0737. The molecule has 1 rings (SSSR count). The first-order chi connectivity index (χ1) is 6.04. The summed E-state index contributed by atoms with van der Waals surface area (Å²) >= 11 is 2.29. The Labute approximate surface area is 92.8 Å². The molecule has 2 heteroatoms. The number of hydrogen-bond donors (Lipinski definition) is 0. The van der Waals surface area contributed by atoms with Crippen LogP contribution in [-0.4, -0.2) is 29.0 Å². The predicted molar refractivity (Wildman–Crippen MR) is 63.7 cm³/mol. The zero-order valence-electron chi connectivity index (χ0n) is 9.46. The van der Waals surface area contributed by atoms with Gasteiger partial charge in [-0.1, -0.05) is 0 Å². The molecule has 0 spiro atoms. The molecule has 0 saturated carbocycles. The molecule has 0 N–H and O–H groups in total. The molecule has 1 aliphatic rings. The molecule has 0 radical (unpaired) electrons. The Morgan fingerprint density at radius 2 is 1.77 bits per heavy atom. The van der Waals surface area contributed by atoms with Crippen LogP contribution in [-0.2, 0) is 0 Å². The van der Waals surface area contributed by atoms with E-state index in [2.05, 4.69) is 57.6 Å². The van der Waals surface area contributed by atoms with E-state index in [-0.39, 0.29) is 7.92 Å². The topological polar surface area (TPSA) is 0 Å². The molecule has 0 saturated heterocycles. The van der Waals surface area contributed by atoms with Gasteiger partial charge in [0.25, 0.3) is 0 Å². The quantitative estimate of drug-likeness (QED) is 0.468. The van der Waals surface area contributed by atoms with Crippen LogP contribution in [0.2, 0.25) is 0 Å². The predicted octanol–water partition coefficient (Wildman–Crippen LogP) is 3.63. The molecule has 0 aromatic heterocycles. The Kier molecular flexibility index (Phi) is 4.31. The van der Waals surface area contributed by atoms with E-state index >= 15 is 0 Å².